The molecule has 0 unspecified atom stereocenters. The van der Waals surface area contributed by atoms with Crippen LogP contribution in [0.3, 0.4) is 0 Å². The highest BCUT2D eigenvalue weighted by atomic mass is 79.9. The predicted molar refractivity (Wildman–Crippen MR) is 63.9 cm³/mol. The molecule has 2 rings (SSSR count). The Kier molecular flexibility index (Phi) is 2.84. The molecule has 0 aromatic carbocycles. The molecule has 76 valence electrons. The molecule has 0 saturated heterocycles. The van der Waals surface area contributed by atoms with E-state index in [9.17, 15) is 4.79 Å². The molecule has 1 aliphatic carbocycles. The van der Waals surface area contributed by atoms with E-state index >= 15 is 0 Å². The van der Waals surface area contributed by atoms with Crippen LogP contribution in [0.1, 0.15) is 12.8 Å². The number of nitrogens with zero attached hydrogens (tertiary/aromatic N) is 1. The van der Waals surface area contributed by atoms with Crippen molar-refractivity contribution in [2.24, 2.45) is 5.41 Å². The molecular weight excluding hydrogens is 310 g/mol. The maximum Gasteiger partial charge on any atom is 0.264 e. The largest absolute Gasteiger partial charge is 0.314 e. The van der Waals surface area contributed by atoms with Crippen LogP contribution in [0.15, 0.2) is 27.6 Å². The predicted octanol–water partition coefficient (Wildman–Crippen LogP) is 2.79. The van der Waals surface area contributed by atoms with Crippen molar-refractivity contribution in [2.75, 3.05) is 5.33 Å². The zero-order valence-corrected chi connectivity index (χ0v) is 10.8. The van der Waals surface area contributed by atoms with Gasteiger partial charge in [-0.3, -0.25) is 4.79 Å². The van der Waals surface area contributed by atoms with Crippen molar-refractivity contribution in [3.63, 3.8) is 0 Å². The molecule has 0 spiro atoms. The lowest BCUT2D eigenvalue weighted by molar-refractivity contribution is 0.465. The summed E-state index contributed by atoms with van der Waals surface area (Å²) in [6.45, 7) is 0.830. The van der Waals surface area contributed by atoms with E-state index in [2.05, 4.69) is 31.9 Å². The Morgan fingerprint density at radius 3 is 2.79 bits per heavy atom. The van der Waals surface area contributed by atoms with Crippen LogP contribution >= 0.6 is 31.9 Å². The third kappa shape index (κ3) is 1.96. The first-order valence-corrected chi connectivity index (χ1v) is 6.49. The summed E-state index contributed by atoms with van der Waals surface area (Å²) in [5.74, 6) is 0. The summed E-state index contributed by atoms with van der Waals surface area (Å²) in [5.41, 5.74) is 0.407. The number of aromatic nitrogens is 1. The monoisotopic (exact) mass is 319 g/mol. The van der Waals surface area contributed by atoms with E-state index in [4.69, 9.17) is 0 Å². The van der Waals surface area contributed by atoms with Crippen LogP contribution in [0.5, 0.6) is 0 Å². The van der Waals surface area contributed by atoms with Gasteiger partial charge in [-0.25, -0.2) is 0 Å². The number of hydrogen-bond donors (Lipinski definition) is 0. The first-order chi connectivity index (χ1) is 6.67. The van der Waals surface area contributed by atoms with Crippen LogP contribution in [-0.2, 0) is 6.54 Å². The van der Waals surface area contributed by atoms with Crippen molar-refractivity contribution in [2.45, 2.75) is 19.4 Å². The van der Waals surface area contributed by atoms with Crippen molar-refractivity contribution in [3.05, 3.63) is 33.2 Å². The average Bonchev–Trinajstić information content (AvgIpc) is 2.94. The Balaban J connectivity index is 2.25. The van der Waals surface area contributed by atoms with E-state index in [1.165, 1.54) is 12.8 Å². The van der Waals surface area contributed by atoms with Gasteiger partial charge in [0.05, 0.1) is 4.47 Å². The number of pyridine rings is 1. The van der Waals surface area contributed by atoms with Gasteiger partial charge in [-0.15, -0.1) is 0 Å². The lowest BCUT2D eigenvalue weighted by atomic mass is 10.1. The quantitative estimate of drug-likeness (QED) is 0.785. The van der Waals surface area contributed by atoms with Crippen LogP contribution < -0.4 is 5.56 Å². The third-order valence-corrected chi connectivity index (χ3v) is 4.51. The summed E-state index contributed by atoms with van der Waals surface area (Å²) in [6, 6.07) is 3.68. The fourth-order valence-corrected chi connectivity index (χ4v) is 2.62. The van der Waals surface area contributed by atoms with E-state index in [1.807, 2.05) is 12.3 Å². The molecule has 1 aromatic heterocycles. The van der Waals surface area contributed by atoms with Crippen molar-refractivity contribution in [1.29, 1.82) is 0 Å². The highest BCUT2D eigenvalue weighted by Gasteiger charge is 2.41. The molecule has 14 heavy (non-hydrogen) atoms. The minimum absolute atomic E-state index is 0.0692. The first-order valence-electron chi connectivity index (χ1n) is 4.58. The van der Waals surface area contributed by atoms with Gasteiger partial charge < -0.3 is 4.57 Å². The van der Waals surface area contributed by atoms with E-state index < -0.39 is 0 Å². The standard InChI is InChI=1S/C10H11Br2NO/c11-6-10(3-4-10)7-13-5-1-2-8(12)9(13)14/h1-2,5H,3-4,6-7H2. The number of alkyl halides is 1. The summed E-state index contributed by atoms with van der Waals surface area (Å²) in [5, 5.41) is 0.985. The second-order valence-electron chi connectivity index (χ2n) is 3.92. The molecule has 0 N–H and O–H groups in total. The highest BCUT2D eigenvalue weighted by Crippen LogP contribution is 2.48. The molecule has 0 amide bonds. The van der Waals surface area contributed by atoms with Gasteiger partial charge in [0.2, 0.25) is 0 Å². The molecule has 0 bridgehead atoms. The molecule has 1 aromatic rings. The molecule has 1 saturated carbocycles. The Morgan fingerprint density at radius 1 is 1.50 bits per heavy atom. The van der Waals surface area contributed by atoms with Crippen molar-refractivity contribution < 1.29 is 0 Å². The zero-order valence-electron chi connectivity index (χ0n) is 7.67. The van der Waals surface area contributed by atoms with E-state index in [1.54, 1.807) is 10.6 Å². The van der Waals surface area contributed by atoms with Crippen molar-refractivity contribution in [1.82, 2.24) is 4.57 Å². The summed E-state index contributed by atoms with van der Waals surface area (Å²) >= 11 is 6.76. The lowest BCUT2D eigenvalue weighted by Crippen LogP contribution is -2.25. The Bertz CT molecular complexity index is 395. The SMILES string of the molecule is O=c1c(Br)cccn1CC1(CBr)CC1. The fourth-order valence-electron chi connectivity index (χ4n) is 1.50. The van der Waals surface area contributed by atoms with Gasteiger partial charge >= 0.3 is 0 Å². The smallest absolute Gasteiger partial charge is 0.264 e. The maximum atomic E-state index is 11.7. The molecule has 0 aliphatic heterocycles. The van der Waals surface area contributed by atoms with Crippen LogP contribution in [0, 0.1) is 5.41 Å². The molecule has 2 nitrogen and oxygen atoms in total. The van der Waals surface area contributed by atoms with Gasteiger partial charge in [0.1, 0.15) is 0 Å². The molecule has 1 fully saturated rings. The number of rotatable bonds is 3. The highest BCUT2D eigenvalue weighted by molar-refractivity contribution is 9.10. The van der Waals surface area contributed by atoms with Crippen LogP contribution in [0.2, 0.25) is 0 Å². The second kappa shape index (κ2) is 3.81. The molecule has 0 atom stereocenters. The Labute approximate surface area is 99.6 Å². The zero-order chi connectivity index (χ0) is 10.2. The van der Waals surface area contributed by atoms with Crippen molar-refractivity contribution >= 4 is 31.9 Å². The van der Waals surface area contributed by atoms with E-state index in [0.29, 0.717) is 9.89 Å². The van der Waals surface area contributed by atoms with Crippen LogP contribution in [0.25, 0.3) is 0 Å². The summed E-state index contributed by atoms with van der Waals surface area (Å²) < 4.78 is 2.43. The van der Waals surface area contributed by atoms with Crippen LogP contribution in [-0.4, -0.2) is 9.90 Å². The van der Waals surface area contributed by atoms with Gasteiger partial charge in [-0.05, 0) is 46.3 Å². The minimum atomic E-state index is 0.0692. The molecule has 1 heterocycles. The number of halogens is 2. The number of hydrogen-bond acceptors (Lipinski definition) is 1. The summed E-state index contributed by atoms with van der Waals surface area (Å²) in [6.07, 6.45) is 4.30. The average molecular weight is 321 g/mol. The molecular formula is C10H11Br2NO. The topological polar surface area (TPSA) is 22.0 Å². The van der Waals surface area contributed by atoms with Gasteiger partial charge in [-0.2, -0.15) is 0 Å². The van der Waals surface area contributed by atoms with Gasteiger partial charge in [0.25, 0.3) is 5.56 Å². The molecule has 0 radical (unpaired) electrons. The summed E-state index contributed by atoms with van der Waals surface area (Å²) in [7, 11) is 0. The lowest BCUT2D eigenvalue weighted by Gasteiger charge is -2.13. The van der Waals surface area contributed by atoms with Crippen LogP contribution in [0.4, 0.5) is 0 Å². The maximum absolute atomic E-state index is 11.7. The second-order valence-corrected chi connectivity index (χ2v) is 5.34. The normalized spacial score (nSPS) is 18.1. The molecule has 1 aliphatic rings. The minimum Gasteiger partial charge on any atom is -0.314 e. The molecule has 4 heteroatoms. The third-order valence-electron chi connectivity index (χ3n) is 2.72. The van der Waals surface area contributed by atoms with Gasteiger partial charge in [-0.1, -0.05) is 15.9 Å². The van der Waals surface area contributed by atoms with E-state index in [-0.39, 0.29) is 5.56 Å². The Morgan fingerprint density at radius 2 is 2.21 bits per heavy atom. The summed E-state index contributed by atoms with van der Waals surface area (Å²) in [4.78, 5) is 11.7. The van der Waals surface area contributed by atoms with E-state index in [0.717, 1.165) is 11.9 Å². The van der Waals surface area contributed by atoms with Gasteiger partial charge in [0.15, 0.2) is 0 Å². The first kappa shape index (κ1) is 10.4. The fraction of sp³-hybridized carbons (Fsp3) is 0.500. The van der Waals surface area contributed by atoms with Crippen molar-refractivity contribution in [3.8, 4) is 0 Å². The Hall–Kier alpha value is -0.0900. The van der Waals surface area contributed by atoms with Gasteiger partial charge in [0, 0.05) is 18.1 Å².